The van der Waals surface area contributed by atoms with Gasteiger partial charge in [0.05, 0.1) is 39.6 Å². The zero-order chi connectivity index (χ0) is 51.6. The van der Waals surface area contributed by atoms with Crippen LogP contribution in [0.2, 0.25) is 0 Å². The molecule has 6 aliphatic rings. The van der Waals surface area contributed by atoms with Gasteiger partial charge in [-0.2, -0.15) is 0 Å². The number of carbonyl (C=O) groups is 1. The van der Waals surface area contributed by atoms with Crippen LogP contribution in [0.25, 0.3) is 0 Å². The van der Waals surface area contributed by atoms with E-state index in [9.17, 15) is 102 Å². The first-order valence-corrected chi connectivity index (χ1v) is 22.1. The number of rotatable bonds is 18. The van der Waals surface area contributed by atoms with Crippen LogP contribution in [0, 0.1) is 0 Å². The lowest BCUT2D eigenvalue weighted by molar-refractivity contribution is -0.395. The minimum Gasteiger partial charge on any atom is -0.394 e. The molecule has 0 spiro atoms. The topological polar surface area (TPSA) is 515 Å². The number of amides is 1. The summed E-state index contributed by atoms with van der Waals surface area (Å²) in [5.74, 6) is -0.814. The molecule has 0 bridgehead atoms. The highest BCUT2D eigenvalue weighted by Gasteiger charge is 2.58. The Morgan fingerprint density at radius 1 is 0.443 bits per heavy atom. The van der Waals surface area contributed by atoms with E-state index in [1.54, 1.807) is 0 Å². The highest BCUT2D eigenvalue weighted by molar-refractivity contribution is 5.73. The lowest BCUT2D eigenvalue weighted by atomic mass is 9.95. The summed E-state index contributed by atoms with van der Waals surface area (Å²) in [5, 5.41) is 203. The molecule has 30 atom stereocenters. The second kappa shape index (κ2) is 24.7. The zero-order valence-electron chi connectivity index (χ0n) is 37.0. The highest BCUT2D eigenvalue weighted by Crippen LogP contribution is 2.37. The van der Waals surface area contributed by atoms with Gasteiger partial charge in [-0.15, -0.1) is 0 Å². The van der Waals surface area contributed by atoms with E-state index in [-0.39, 0.29) is 0 Å². The minimum atomic E-state index is -2.15. The van der Waals surface area contributed by atoms with Crippen LogP contribution >= 0.6 is 0 Å². The summed E-state index contributed by atoms with van der Waals surface area (Å²) >= 11 is 0. The monoisotopic (exact) mass is 1030 g/mol. The molecule has 6 heterocycles. The summed E-state index contributed by atoms with van der Waals surface area (Å²) in [6.45, 7) is -4.83. The van der Waals surface area contributed by atoms with Crippen LogP contribution in [-0.4, -0.2) is 327 Å². The van der Waals surface area contributed by atoms with Gasteiger partial charge in [-0.1, -0.05) is 0 Å². The van der Waals surface area contributed by atoms with Crippen LogP contribution in [0.3, 0.4) is 0 Å². The Bertz CT molecular complexity index is 1620. The molecule has 20 N–H and O–H groups in total. The van der Waals surface area contributed by atoms with Crippen LogP contribution < -0.4 is 5.32 Å². The normalized spacial score (nSPS) is 50.7. The molecule has 0 aromatic carbocycles. The highest BCUT2D eigenvalue weighted by atomic mass is 16.8. The van der Waals surface area contributed by atoms with E-state index in [1.807, 2.05) is 0 Å². The van der Waals surface area contributed by atoms with Gasteiger partial charge < -0.3 is 154 Å². The summed E-state index contributed by atoms with van der Waals surface area (Å²) in [5.41, 5.74) is 0. The minimum absolute atomic E-state index is 0.814. The Hall–Kier alpha value is -1.73. The van der Waals surface area contributed by atoms with Gasteiger partial charge in [-0.25, -0.2) is 0 Å². The number of ether oxygens (including phenoxy) is 11. The third kappa shape index (κ3) is 12.0. The van der Waals surface area contributed by atoms with E-state index in [1.165, 1.54) is 0 Å². The number of carbonyl (C=O) groups excluding carboxylic acids is 1. The third-order valence-corrected chi connectivity index (χ3v) is 12.8. The molecule has 0 radical (unpaired) electrons. The number of aliphatic hydroxyl groups is 19. The first kappa shape index (κ1) is 57.5. The first-order valence-electron chi connectivity index (χ1n) is 22.1. The molecule has 1 unspecified atom stereocenters. The summed E-state index contributed by atoms with van der Waals surface area (Å²) in [6, 6.07) is -1.73. The molecule has 6 aliphatic heterocycles. The predicted octanol–water partition coefficient (Wildman–Crippen LogP) is -14.0. The van der Waals surface area contributed by atoms with Crippen molar-refractivity contribution in [2.75, 3.05) is 39.6 Å². The van der Waals surface area contributed by atoms with Gasteiger partial charge in [0.15, 0.2) is 37.7 Å². The van der Waals surface area contributed by atoms with Crippen molar-refractivity contribution < 1.29 is 154 Å². The third-order valence-electron chi connectivity index (χ3n) is 12.8. The molecule has 0 aromatic rings. The Labute approximate surface area is 395 Å². The maximum Gasteiger partial charge on any atom is 0.217 e. The van der Waals surface area contributed by atoms with Gasteiger partial charge in [0.25, 0.3) is 0 Å². The standard InChI is InChI=1S/C38H65NO31/c1-8(45)39-15-20(51)29(67-38-31(27(58)28(66-38)9(46)2-40)69-35-25(56)22(53)17(48)11(4-42)63-35)14(61-33(15)59)7-60-37-32(70-36-26(57)23(54)18(49)12(5-43)64-36)30(19(50)13(6-44)65-37)68-34-24(55)21(52)16(47)10(3-41)62-34/h9-38,40-44,46-59H,2-7H2,1H3,(H,39,45)/t9-,10-,11-,12-,13-,14-,15-,16+,17+,18+,19+,20-,21+,22+,23+,24-,25-,26-,27+,28+,29-,30+,31-,32-,33?,34+,35+,36+,37-,38+/m1/s1. The molecule has 0 saturated carbocycles. The van der Waals surface area contributed by atoms with Gasteiger partial charge >= 0.3 is 0 Å². The molecule has 70 heavy (non-hydrogen) atoms. The SMILES string of the molecule is CC(=O)N[C@H]1C(O)O[C@H](CO[C@@H]2O[C@H](CO)[C@H](O)[C@H](O[C@@H]3O[C@H](CO)[C@H](O)[C@H](O)[C@H]3O)[C@H]2O[C@@H]2O[C@H](CO)[C@H](O)[C@H](O)[C@H]2O)[C@@H](O[C@@H]2O[C@@H]([C@H](O)CO)[C@H](O)[C@H]2O[C@@H]2O[C@H](CO)[C@H](O)[C@H](O)[C@H]2O)[C@@H]1O. The summed E-state index contributed by atoms with van der Waals surface area (Å²) in [7, 11) is 0. The quantitative estimate of drug-likeness (QED) is 0.0606. The molecule has 0 aliphatic carbocycles. The molecule has 0 aromatic heterocycles. The largest absolute Gasteiger partial charge is 0.394 e. The van der Waals surface area contributed by atoms with Crippen molar-refractivity contribution in [3.8, 4) is 0 Å². The molecule has 6 saturated heterocycles. The van der Waals surface area contributed by atoms with E-state index in [2.05, 4.69) is 5.32 Å². The molecule has 32 nitrogen and oxygen atoms in total. The predicted molar refractivity (Wildman–Crippen MR) is 211 cm³/mol. The van der Waals surface area contributed by atoms with Crippen LogP contribution in [0.1, 0.15) is 6.92 Å². The number of hydrogen-bond donors (Lipinski definition) is 20. The van der Waals surface area contributed by atoms with Crippen molar-refractivity contribution in [3.05, 3.63) is 0 Å². The smallest absolute Gasteiger partial charge is 0.217 e. The second-order valence-electron chi connectivity index (χ2n) is 17.5. The van der Waals surface area contributed by atoms with Crippen LogP contribution in [0.15, 0.2) is 0 Å². The summed E-state index contributed by atoms with van der Waals surface area (Å²) in [6.07, 6.45) is -56.4. The fraction of sp³-hybridized carbons (Fsp3) is 0.974. The van der Waals surface area contributed by atoms with Gasteiger partial charge in [-0.05, 0) is 0 Å². The Balaban J connectivity index is 1.33. The summed E-state index contributed by atoms with van der Waals surface area (Å²) < 4.78 is 63.2. The first-order chi connectivity index (χ1) is 33.1. The van der Waals surface area contributed by atoms with Crippen molar-refractivity contribution in [3.63, 3.8) is 0 Å². The van der Waals surface area contributed by atoms with Crippen molar-refractivity contribution >= 4 is 5.91 Å². The van der Waals surface area contributed by atoms with Crippen molar-refractivity contribution in [1.29, 1.82) is 0 Å². The van der Waals surface area contributed by atoms with E-state index in [0.717, 1.165) is 6.92 Å². The fourth-order valence-electron chi connectivity index (χ4n) is 8.79. The summed E-state index contributed by atoms with van der Waals surface area (Å²) in [4.78, 5) is 12.2. The number of aliphatic hydroxyl groups excluding tert-OH is 19. The van der Waals surface area contributed by atoms with Crippen molar-refractivity contribution in [2.24, 2.45) is 0 Å². The molecule has 1 amide bonds. The number of nitrogens with one attached hydrogen (secondary N) is 1. The van der Waals surface area contributed by atoms with E-state index in [0.29, 0.717) is 0 Å². The van der Waals surface area contributed by atoms with Gasteiger partial charge in [0, 0.05) is 6.92 Å². The van der Waals surface area contributed by atoms with Crippen LogP contribution in [-0.2, 0) is 56.9 Å². The molecular formula is C38H65NO31. The Morgan fingerprint density at radius 3 is 1.30 bits per heavy atom. The van der Waals surface area contributed by atoms with E-state index in [4.69, 9.17) is 52.1 Å². The van der Waals surface area contributed by atoms with Crippen molar-refractivity contribution in [2.45, 2.75) is 191 Å². The van der Waals surface area contributed by atoms with Gasteiger partial charge in [-0.3, -0.25) is 4.79 Å². The van der Waals surface area contributed by atoms with Gasteiger partial charge in [0.2, 0.25) is 5.91 Å². The van der Waals surface area contributed by atoms with Crippen LogP contribution in [0.5, 0.6) is 0 Å². The molecular weight excluding hydrogens is 966 g/mol. The van der Waals surface area contributed by atoms with Crippen molar-refractivity contribution in [1.82, 2.24) is 5.32 Å². The average Bonchev–Trinajstić information content (AvgIpc) is 3.64. The average molecular weight is 1030 g/mol. The fourth-order valence-corrected chi connectivity index (χ4v) is 8.79. The molecule has 6 fully saturated rings. The van der Waals surface area contributed by atoms with Crippen LogP contribution in [0.4, 0.5) is 0 Å². The zero-order valence-corrected chi connectivity index (χ0v) is 37.0. The maximum atomic E-state index is 12.2. The number of hydrogen-bond acceptors (Lipinski definition) is 31. The van der Waals surface area contributed by atoms with Gasteiger partial charge in [0.1, 0.15) is 146 Å². The lowest BCUT2D eigenvalue weighted by Gasteiger charge is -2.49. The van der Waals surface area contributed by atoms with E-state index < -0.39 is 230 Å². The molecule has 408 valence electrons. The molecule has 32 heteroatoms. The Morgan fingerprint density at radius 2 is 0.857 bits per heavy atom. The second-order valence-corrected chi connectivity index (χ2v) is 17.5. The lowest BCUT2D eigenvalue weighted by Crippen LogP contribution is -2.68. The molecule has 6 rings (SSSR count). The maximum absolute atomic E-state index is 12.2. The Kier molecular flexibility index (Phi) is 20.3. The van der Waals surface area contributed by atoms with E-state index >= 15 is 0 Å².